The molecular formula is C17H20O6. The van der Waals surface area contributed by atoms with Crippen LogP contribution in [-0.4, -0.2) is 38.7 Å². The molecule has 6 saturated carbocycles. The lowest BCUT2D eigenvalue weighted by molar-refractivity contribution is -0.171. The topological polar surface area (TPSA) is 78.9 Å². The van der Waals surface area contributed by atoms with Gasteiger partial charge in [0, 0.05) is 12.3 Å². The number of hydrogen-bond acceptors (Lipinski definition) is 6. The number of rotatable bonds is 4. The minimum absolute atomic E-state index is 0.0331. The molecule has 6 heteroatoms. The van der Waals surface area contributed by atoms with Crippen LogP contribution in [0.1, 0.15) is 6.92 Å². The van der Waals surface area contributed by atoms with E-state index < -0.39 is 0 Å². The summed E-state index contributed by atoms with van der Waals surface area (Å²) in [6.45, 7) is 1.88. The Morgan fingerprint density at radius 3 is 1.70 bits per heavy atom. The monoisotopic (exact) mass is 320 g/mol. The molecule has 10 atom stereocenters. The molecular weight excluding hydrogens is 300 g/mol. The molecule has 0 aromatic carbocycles. The van der Waals surface area contributed by atoms with Gasteiger partial charge in [0.25, 0.3) is 0 Å². The number of esters is 3. The average molecular weight is 320 g/mol. The van der Waals surface area contributed by atoms with Crippen molar-refractivity contribution >= 4 is 17.9 Å². The van der Waals surface area contributed by atoms with Crippen LogP contribution in [0.3, 0.4) is 0 Å². The summed E-state index contributed by atoms with van der Waals surface area (Å²) in [5, 5.41) is 0. The summed E-state index contributed by atoms with van der Waals surface area (Å²) in [5.74, 6) is 1.18. The van der Waals surface area contributed by atoms with Gasteiger partial charge in [-0.25, -0.2) is 0 Å². The molecule has 6 aliphatic carbocycles. The van der Waals surface area contributed by atoms with E-state index in [1.807, 2.05) is 0 Å². The van der Waals surface area contributed by atoms with Crippen molar-refractivity contribution in [2.24, 2.45) is 58.7 Å². The third-order valence-electron chi connectivity index (χ3n) is 7.68. The molecule has 6 fully saturated rings. The lowest BCUT2D eigenvalue weighted by Gasteiger charge is -2.44. The number of carbonyl (C=O) groups excluding carboxylic acids is 3. The lowest BCUT2D eigenvalue weighted by atomic mass is 9.58. The summed E-state index contributed by atoms with van der Waals surface area (Å²) in [6, 6.07) is 0. The Hall–Kier alpha value is -1.59. The van der Waals surface area contributed by atoms with Gasteiger partial charge < -0.3 is 14.2 Å². The first-order valence-electron chi connectivity index (χ1n) is 8.29. The summed E-state index contributed by atoms with van der Waals surface area (Å²) in [7, 11) is 2.77. The van der Waals surface area contributed by atoms with Gasteiger partial charge in [-0.2, -0.15) is 0 Å². The van der Waals surface area contributed by atoms with Crippen LogP contribution in [0.25, 0.3) is 0 Å². The molecule has 124 valence electrons. The second kappa shape index (κ2) is 3.90. The number of hydrogen-bond donors (Lipinski definition) is 0. The predicted molar refractivity (Wildman–Crippen MR) is 74.5 cm³/mol. The van der Waals surface area contributed by atoms with Crippen molar-refractivity contribution < 1.29 is 28.6 Å². The Morgan fingerprint density at radius 2 is 1.30 bits per heavy atom. The van der Waals surface area contributed by atoms with E-state index >= 15 is 0 Å². The molecule has 6 nitrogen and oxygen atoms in total. The number of ether oxygens (including phenoxy) is 3. The Bertz CT molecular complexity index is 599. The van der Waals surface area contributed by atoms with Crippen LogP contribution in [0.2, 0.25) is 0 Å². The summed E-state index contributed by atoms with van der Waals surface area (Å²) in [4.78, 5) is 36.0. The normalized spacial score (nSPS) is 55.2. The van der Waals surface area contributed by atoms with Crippen molar-refractivity contribution in [3.8, 4) is 0 Å². The second-order valence-electron chi connectivity index (χ2n) is 7.88. The quantitative estimate of drug-likeness (QED) is 0.554. The molecule has 0 N–H and O–H groups in total. The molecule has 2 unspecified atom stereocenters. The smallest absolute Gasteiger partial charge is 0.309 e. The van der Waals surface area contributed by atoms with E-state index in [-0.39, 0.29) is 47.0 Å². The Kier molecular flexibility index (Phi) is 2.34. The third-order valence-corrected chi connectivity index (χ3v) is 7.68. The van der Waals surface area contributed by atoms with E-state index in [0.29, 0.717) is 36.2 Å². The minimum atomic E-state index is -0.383. The molecule has 0 saturated heterocycles. The zero-order valence-corrected chi connectivity index (χ0v) is 13.4. The largest absolute Gasteiger partial charge is 0.469 e. The zero-order chi connectivity index (χ0) is 16.3. The molecule has 0 spiro atoms. The van der Waals surface area contributed by atoms with Crippen LogP contribution >= 0.6 is 0 Å². The van der Waals surface area contributed by atoms with E-state index in [0.717, 1.165) is 0 Å². The van der Waals surface area contributed by atoms with Gasteiger partial charge in [-0.05, 0) is 41.4 Å². The second-order valence-corrected chi connectivity index (χ2v) is 7.88. The fraction of sp³-hybridized carbons (Fsp3) is 0.824. The van der Waals surface area contributed by atoms with Gasteiger partial charge in [0.15, 0.2) is 0 Å². The van der Waals surface area contributed by atoms with Crippen molar-refractivity contribution in [3.05, 3.63) is 0 Å². The molecule has 0 aromatic rings. The lowest BCUT2D eigenvalue weighted by Crippen LogP contribution is -2.51. The SMILES string of the molecule is COC(=O)[C@@H]1[C@H](C(=O)OC)[C@@H]2[C@H]3C4[C@@H]3[C@@H]1[C@H]1[C@@H]2C41COC(C)=O. The Balaban J connectivity index is 1.52. The molecule has 23 heavy (non-hydrogen) atoms. The number of fused-ring (bicyclic) bond motifs is 1. The summed E-state index contributed by atoms with van der Waals surface area (Å²) >= 11 is 0. The van der Waals surface area contributed by atoms with Crippen LogP contribution in [0.5, 0.6) is 0 Å². The third kappa shape index (κ3) is 1.25. The predicted octanol–water partition coefficient (Wildman–Crippen LogP) is 0.496. The molecule has 0 radical (unpaired) electrons. The Morgan fingerprint density at radius 1 is 0.826 bits per heavy atom. The van der Waals surface area contributed by atoms with E-state index in [1.54, 1.807) is 0 Å². The molecule has 0 aliphatic heterocycles. The fourth-order valence-corrected chi connectivity index (χ4v) is 7.51. The van der Waals surface area contributed by atoms with Gasteiger partial charge in [-0.15, -0.1) is 0 Å². The van der Waals surface area contributed by atoms with E-state index in [2.05, 4.69) is 0 Å². The minimum Gasteiger partial charge on any atom is -0.469 e. The van der Waals surface area contributed by atoms with Crippen molar-refractivity contribution in [1.82, 2.24) is 0 Å². The van der Waals surface area contributed by atoms with Gasteiger partial charge in [-0.1, -0.05) is 0 Å². The van der Waals surface area contributed by atoms with E-state index in [1.165, 1.54) is 21.1 Å². The number of carbonyl (C=O) groups is 3. The summed E-state index contributed by atoms with van der Waals surface area (Å²) in [5.41, 5.74) is 0.0331. The van der Waals surface area contributed by atoms with Crippen LogP contribution in [0.4, 0.5) is 0 Å². The maximum absolute atomic E-state index is 12.4. The molecule has 2 bridgehead atoms. The zero-order valence-electron chi connectivity index (χ0n) is 13.4. The van der Waals surface area contributed by atoms with Crippen LogP contribution in [0.15, 0.2) is 0 Å². The van der Waals surface area contributed by atoms with Crippen molar-refractivity contribution in [1.29, 1.82) is 0 Å². The maximum atomic E-state index is 12.4. The summed E-state index contributed by atoms with van der Waals surface area (Å²) < 4.78 is 15.4. The van der Waals surface area contributed by atoms with Gasteiger partial charge in [0.05, 0.1) is 32.7 Å². The Labute approximate surface area is 133 Å². The average Bonchev–Trinajstić information content (AvgIpc) is 3.39. The first kappa shape index (κ1) is 13.8. The molecule has 0 amide bonds. The molecule has 0 heterocycles. The molecule has 0 aromatic heterocycles. The number of methoxy groups -OCH3 is 2. The maximum Gasteiger partial charge on any atom is 0.309 e. The highest BCUT2D eigenvalue weighted by molar-refractivity contribution is 5.85. The fourth-order valence-electron chi connectivity index (χ4n) is 7.51. The van der Waals surface area contributed by atoms with Crippen LogP contribution < -0.4 is 0 Å². The highest BCUT2D eigenvalue weighted by atomic mass is 16.5. The van der Waals surface area contributed by atoms with Crippen molar-refractivity contribution in [2.45, 2.75) is 6.92 Å². The summed E-state index contributed by atoms with van der Waals surface area (Å²) in [6.07, 6.45) is 0. The van der Waals surface area contributed by atoms with Gasteiger partial charge in [0.1, 0.15) is 0 Å². The van der Waals surface area contributed by atoms with Crippen molar-refractivity contribution in [3.63, 3.8) is 0 Å². The van der Waals surface area contributed by atoms with Gasteiger partial charge in [-0.3, -0.25) is 14.4 Å². The standard InChI is InChI=1S/C17H20O6/c1-5(18)23-4-17-12-6-7(12)9-11(16(20)22-3)10(15(19)21-2)8(6)13(17)14(9)17/h6-14H,4H2,1-3H3/t6-,7-,8-,9-,10-,11+,12?,13-,14+,17?/m0/s1. The van der Waals surface area contributed by atoms with Gasteiger partial charge >= 0.3 is 17.9 Å². The van der Waals surface area contributed by atoms with Crippen molar-refractivity contribution in [2.75, 3.05) is 20.8 Å². The van der Waals surface area contributed by atoms with E-state index in [4.69, 9.17) is 14.2 Å². The highest BCUT2D eigenvalue weighted by Gasteiger charge is 2.98. The molecule has 6 aliphatic rings. The highest BCUT2D eigenvalue weighted by Crippen LogP contribution is 2.98. The van der Waals surface area contributed by atoms with Gasteiger partial charge in [0.2, 0.25) is 0 Å². The van der Waals surface area contributed by atoms with E-state index in [9.17, 15) is 14.4 Å². The van der Waals surface area contributed by atoms with Crippen LogP contribution in [-0.2, 0) is 28.6 Å². The van der Waals surface area contributed by atoms with Crippen LogP contribution in [0, 0.1) is 58.7 Å². The molecule has 6 rings (SSSR count). The first-order valence-corrected chi connectivity index (χ1v) is 8.29. The first-order chi connectivity index (χ1) is 11.0.